The molecule has 1 aromatic carbocycles. The topological polar surface area (TPSA) is 29.5 Å². The van der Waals surface area contributed by atoms with Crippen LogP contribution in [0.25, 0.3) is 0 Å². The summed E-state index contributed by atoms with van der Waals surface area (Å²) in [4.78, 5) is 14.6. The minimum Gasteiger partial charge on any atom is -0.497 e. The maximum atomic E-state index is 12.3. The first-order valence-electron chi connectivity index (χ1n) is 7.01. The van der Waals surface area contributed by atoms with Crippen molar-refractivity contribution in [2.75, 3.05) is 20.2 Å². The molecular formula is C16H23NO2. The van der Waals surface area contributed by atoms with Crippen molar-refractivity contribution in [2.24, 2.45) is 5.92 Å². The van der Waals surface area contributed by atoms with Crippen molar-refractivity contribution in [3.05, 3.63) is 29.8 Å². The van der Waals surface area contributed by atoms with Gasteiger partial charge in [0.2, 0.25) is 0 Å². The van der Waals surface area contributed by atoms with E-state index in [0.29, 0.717) is 12.6 Å². The van der Waals surface area contributed by atoms with Gasteiger partial charge in [-0.05, 0) is 56.5 Å². The zero-order valence-corrected chi connectivity index (χ0v) is 12.1. The normalized spacial score (nSPS) is 24.2. The predicted molar refractivity (Wildman–Crippen MR) is 76.8 cm³/mol. The number of Topliss-reactive ketones (excluding diaryl/α,β-unsaturated/α-hetero) is 1. The molecule has 0 aliphatic carbocycles. The van der Waals surface area contributed by atoms with E-state index in [1.54, 1.807) is 7.11 Å². The molecule has 1 aliphatic heterocycles. The van der Waals surface area contributed by atoms with Crippen molar-refractivity contribution >= 4 is 5.78 Å². The number of carbonyl (C=O) groups excluding carboxylic acids is 1. The molecule has 2 rings (SSSR count). The zero-order valence-electron chi connectivity index (χ0n) is 12.1. The number of piperidine rings is 1. The largest absolute Gasteiger partial charge is 0.497 e. The summed E-state index contributed by atoms with van der Waals surface area (Å²) in [5, 5.41) is 0. The molecule has 0 aromatic heterocycles. The third-order valence-electron chi connectivity index (χ3n) is 4.03. The lowest BCUT2D eigenvalue weighted by Crippen LogP contribution is -2.43. The van der Waals surface area contributed by atoms with Crippen molar-refractivity contribution in [1.29, 1.82) is 0 Å². The highest BCUT2D eigenvalue weighted by Crippen LogP contribution is 2.22. The Morgan fingerprint density at radius 3 is 2.58 bits per heavy atom. The Hall–Kier alpha value is -1.35. The third-order valence-corrected chi connectivity index (χ3v) is 4.03. The standard InChI is InChI=1S/C16H23NO2/c1-12-8-9-17(13(2)10-12)11-16(18)14-4-6-15(19-3)7-5-14/h4-7,12-13H,8-11H2,1-3H3. The lowest BCUT2D eigenvalue weighted by atomic mass is 9.93. The monoisotopic (exact) mass is 261 g/mol. The molecule has 0 saturated carbocycles. The van der Waals surface area contributed by atoms with Crippen LogP contribution in [-0.2, 0) is 0 Å². The van der Waals surface area contributed by atoms with E-state index in [9.17, 15) is 4.79 Å². The van der Waals surface area contributed by atoms with Crippen LogP contribution in [0.15, 0.2) is 24.3 Å². The van der Waals surface area contributed by atoms with E-state index in [4.69, 9.17) is 4.74 Å². The number of hydrogen-bond acceptors (Lipinski definition) is 3. The molecule has 1 saturated heterocycles. The second kappa shape index (κ2) is 6.20. The number of nitrogens with zero attached hydrogens (tertiary/aromatic N) is 1. The van der Waals surface area contributed by atoms with Gasteiger partial charge in [0.1, 0.15) is 5.75 Å². The number of methoxy groups -OCH3 is 1. The van der Waals surface area contributed by atoms with Gasteiger partial charge in [0.05, 0.1) is 13.7 Å². The smallest absolute Gasteiger partial charge is 0.176 e. The van der Waals surface area contributed by atoms with Crippen LogP contribution in [-0.4, -0.2) is 36.9 Å². The van der Waals surface area contributed by atoms with Gasteiger partial charge in [-0.15, -0.1) is 0 Å². The summed E-state index contributed by atoms with van der Waals surface area (Å²) in [6.45, 7) is 6.07. The second-order valence-corrected chi connectivity index (χ2v) is 5.60. The highest BCUT2D eigenvalue weighted by Gasteiger charge is 2.24. The van der Waals surface area contributed by atoms with Crippen LogP contribution < -0.4 is 4.74 Å². The third kappa shape index (κ3) is 3.57. The van der Waals surface area contributed by atoms with Gasteiger partial charge in [-0.25, -0.2) is 0 Å². The van der Waals surface area contributed by atoms with E-state index in [0.717, 1.165) is 23.8 Å². The molecule has 2 unspecified atom stereocenters. The van der Waals surface area contributed by atoms with Gasteiger partial charge in [0, 0.05) is 11.6 Å². The number of benzene rings is 1. The van der Waals surface area contributed by atoms with Crippen LogP contribution in [0.2, 0.25) is 0 Å². The summed E-state index contributed by atoms with van der Waals surface area (Å²) in [7, 11) is 1.63. The first-order valence-corrected chi connectivity index (χ1v) is 7.01. The van der Waals surface area contributed by atoms with Gasteiger partial charge >= 0.3 is 0 Å². The lowest BCUT2D eigenvalue weighted by molar-refractivity contribution is 0.0816. The summed E-state index contributed by atoms with van der Waals surface area (Å²) >= 11 is 0. The summed E-state index contributed by atoms with van der Waals surface area (Å²) in [5.74, 6) is 1.77. The predicted octanol–water partition coefficient (Wildman–Crippen LogP) is 3.00. The average Bonchev–Trinajstić information content (AvgIpc) is 2.42. The Balaban J connectivity index is 1.96. The van der Waals surface area contributed by atoms with Crippen molar-refractivity contribution in [1.82, 2.24) is 4.90 Å². The Labute approximate surface area is 115 Å². The van der Waals surface area contributed by atoms with E-state index >= 15 is 0 Å². The van der Waals surface area contributed by atoms with Crippen molar-refractivity contribution in [3.63, 3.8) is 0 Å². The maximum absolute atomic E-state index is 12.3. The quantitative estimate of drug-likeness (QED) is 0.780. The van der Waals surface area contributed by atoms with Crippen LogP contribution in [0.4, 0.5) is 0 Å². The number of hydrogen-bond donors (Lipinski definition) is 0. The maximum Gasteiger partial charge on any atom is 0.176 e. The summed E-state index contributed by atoms with van der Waals surface area (Å²) < 4.78 is 5.11. The minimum absolute atomic E-state index is 0.198. The molecule has 3 heteroatoms. The first kappa shape index (κ1) is 14.1. The molecule has 0 amide bonds. The molecule has 19 heavy (non-hydrogen) atoms. The van der Waals surface area contributed by atoms with Crippen molar-refractivity contribution < 1.29 is 9.53 Å². The van der Waals surface area contributed by atoms with Crippen molar-refractivity contribution in [2.45, 2.75) is 32.7 Å². The van der Waals surface area contributed by atoms with Gasteiger partial charge in [-0.2, -0.15) is 0 Å². The number of ketones is 1. The first-order chi connectivity index (χ1) is 9.10. The molecule has 1 heterocycles. The second-order valence-electron chi connectivity index (χ2n) is 5.60. The molecule has 1 fully saturated rings. The van der Waals surface area contributed by atoms with Crippen LogP contribution in [0.3, 0.4) is 0 Å². The number of likely N-dealkylation sites (tertiary alicyclic amines) is 1. The molecule has 1 aliphatic rings. The summed E-state index contributed by atoms with van der Waals surface area (Å²) in [5.41, 5.74) is 0.770. The molecule has 3 nitrogen and oxygen atoms in total. The van der Waals surface area contributed by atoms with E-state index in [1.165, 1.54) is 12.8 Å². The molecule has 0 radical (unpaired) electrons. The molecule has 0 spiro atoms. The Bertz CT molecular complexity index is 427. The van der Waals surface area contributed by atoms with Crippen molar-refractivity contribution in [3.8, 4) is 5.75 Å². The van der Waals surface area contributed by atoms with Gasteiger partial charge in [-0.1, -0.05) is 6.92 Å². The minimum atomic E-state index is 0.198. The molecule has 0 bridgehead atoms. The lowest BCUT2D eigenvalue weighted by Gasteiger charge is -2.35. The van der Waals surface area contributed by atoms with Gasteiger partial charge in [0.15, 0.2) is 5.78 Å². The van der Waals surface area contributed by atoms with Gasteiger partial charge in [-0.3, -0.25) is 9.69 Å². The molecule has 104 valence electrons. The Morgan fingerprint density at radius 1 is 1.32 bits per heavy atom. The Morgan fingerprint density at radius 2 is 2.00 bits per heavy atom. The molecular weight excluding hydrogens is 238 g/mol. The van der Waals surface area contributed by atoms with Crippen LogP contribution in [0, 0.1) is 5.92 Å². The number of rotatable bonds is 4. The Kier molecular flexibility index (Phi) is 4.59. The summed E-state index contributed by atoms with van der Waals surface area (Å²) in [6.07, 6.45) is 2.39. The number of carbonyl (C=O) groups is 1. The van der Waals surface area contributed by atoms with Crippen LogP contribution in [0.5, 0.6) is 5.75 Å². The number of ether oxygens (including phenoxy) is 1. The molecule has 1 aromatic rings. The highest BCUT2D eigenvalue weighted by atomic mass is 16.5. The van der Waals surface area contributed by atoms with E-state index < -0.39 is 0 Å². The highest BCUT2D eigenvalue weighted by molar-refractivity contribution is 5.97. The van der Waals surface area contributed by atoms with Gasteiger partial charge < -0.3 is 4.74 Å². The molecule has 0 N–H and O–H groups in total. The SMILES string of the molecule is COc1ccc(C(=O)CN2CCC(C)CC2C)cc1. The van der Waals surface area contributed by atoms with Crippen LogP contribution in [0.1, 0.15) is 37.0 Å². The van der Waals surface area contributed by atoms with E-state index in [-0.39, 0.29) is 5.78 Å². The fourth-order valence-electron chi connectivity index (χ4n) is 2.74. The summed E-state index contributed by atoms with van der Waals surface area (Å²) in [6, 6.07) is 7.88. The van der Waals surface area contributed by atoms with Gasteiger partial charge in [0.25, 0.3) is 0 Å². The van der Waals surface area contributed by atoms with Crippen LogP contribution >= 0.6 is 0 Å². The fraction of sp³-hybridized carbons (Fsp3) is 0.562. The average molecular weight is 261 g/mol. The fourth-order valence-corrected chi connectivity index (χ4v) is 2.74. The van der Waals surface area contributed by atoms with E-state index in [2.05, 4.69) is 18.7 Å². The zero-order chi connectivity index (χ0) is 13.8. The molecule has 2 atom stereocenters. The van der Waals surface area contributed by atoms with E-state index in [1.807, 2.05) is 24.3 Å².